The molecule has 2 aromatic heterocycles. The number of aromatic nitrogens is 2. The summed E-state index contributed by atoms with van der Waals surface area (Å²) in [5, 5.41) is 9.31. The lowest BCUT2D eigenvalue weighted by atomic mass is 10.2. The number of hydrogen-bond acceptors (Lipinski definition) is 5. The molecule has 13 heteroatoms. The van der Waals surface area contributed by atoms with Crippen molar-refractivity contribution in [3.05, 3.63) is 95.0 Å². The number of nitrogens with one attached hydrogen (secondary N) is 2. The molecule has 0 bridgehead atoms. The third-order valence-electron chi connectivity index (χ3n) is 4.99. The zero-order chi connectivity index (χ0) is 26.7. The van der Waals surface area contributed by atoms with Crippen LogP contribution in [0.15, 0.2) is 53.1 Å². The lowest BCUT2D eigenvalue weighted by molar-refractivity contribution is 0.0992. The van der Waals surface area contributed by atoms with E-state index in [4.69, 9.17) is 9.15 Å². The number of para-hydroxylation sites is 1. The maximum absolute atomic E-state index is 13.8. The van der Waals surface area contributed by atoms with Gasteiger partial charge in [0.15, 0.2) is 17.2 Å². The minimum absolute atomic E-state index is 0.0690. The molecule has 0 fully saturated rings. The van der Waals surface area contributed by atoms with E-state index in [9.17, 15) is 31.5 Å². The van der Waals surface area contributed by atoms with Gasteiger partial charge in [-0.2, -0.15) is 13.9 Å². The Hall–Kier alpha value is -4.68. The molecule has 2 N–H and O–H groups in total. The van der Waals surface area contributed by atoms with Gasteiger partial charge in [0.1, 0.15) is 12.4 Å². The number of carbonyl (C=O) groups excluding carboxylic acids is 2. The van der Waals surface area contributed by atoms with Crippen molar-refractivity contribution in [1.82, 2.24) is 9.78 Å². The van der Waals surface area contributed by atoms with Gasteiger partial charge in [-0.05, 0) is 31.2 Å². The molecule has 192 valence electrons. The predicted molar refractivity (Wildman–Crippen MR) is 120 cm³/mol. The molecule has 4 rings (SSSR count). The van der Waals surface area contributed by atoms with Crippen LogP contribution in [0.2, 0.25) is 0 Å². The van der Waals surface area contributed by atoms with Gasteiger partial charge >= 0.3 is 0 Å². The van der Waals surface area contributed by atoms with Crippen LogP contribution in [-0.2, 0) is 13.2 Å². The van der Waals surface area contributed by atoms with E-state index in [-0.39, 0.29) is 22.9 Å². The van der Waals surface area contributed by atoms with E-state index in [2.05, 4.69) is 15.7 Å². The zero-order valence-corrected chi connectivity index (χ0v) is 19.0. The van der Waals surface area contributed by atoms with Crippen molar-refractivity contribution in [2.24, 2.45) is 0 Å². The molecule has 2 amide bonds. The molecule has 4 aromatic rings. The van der Waals surface area contributed by atoms with E-state index in [1.54, 1.807) is 37.3 Å². The van der Waals surface area contributed by atoms with Crippen LogP contribution in [0.5, 0.6) is 5.75 Å². The molecule has 0 saturated carbocycles. The van der Waals surface area contributed by atoms with Gasteiger partial charge in [-0.25, -0.2) is 13.2 Å². The summed E-state index contributed by atoms with van der Waals surface area (Å²) in [5.41, 5.74) is 0.525. The molecule has 2 heterocycles. The molecule has 0 unspecified atom stereocenters. The minimum Gasteiger partial charge on any atom is -0.479 e. The van der Waals surface area contributed by atoms with Gasteiger partial charge in [-0.1, -0.05) is 18.2 Å². The maximum Gasteiger partial charge on any atom is 0.291 e. The van der Waals surface area contributed by atoms with Crippen molar-refractivity contribution < 1.29 is 40.7 Å². The van der Waals surface area contributed by atoms with Crippen LogP contribution in [-0.4, -0.2) is 21.6 Å². The van der Waals surface area contributed by atoms with E-state index in [0.717, 1.165) is 0 Å². The summed E-state index contributed by atoms with van der Waals surface area (Å²) in [5.74, 6) is -14.2. The normalized spacial score (nSPS) is 10.9. The lowest BCUT2D eigenvalue weighted by Crippen LogP contribution is -2.17. The number of hydrogen-bond donors (Lipinski definition) is 2. The number of aryl methyl sites for hydroxylation is 1. The Labute approximate surface area is 205 Å². The van der Waals surface area contributed by atoms with E-state index in [1.165, 1.54) is 23.0 Å². The summed E-state index contributed by atoms with van der Waals surface area (Å²) in [4.78, 5) is 25.4. The fourth-order valence-corrected chi connectivity index (χ4v) is 3.17. The summed E-state index contributed by atoms with van der Waals surface area (Å²) >= 11 is 0. The van der Waals surface area contributed by atoms with Crippen LogP contribution in [0.3, 0.4) is 0 Å². The second-order valence-corrected chi connectivity index (χ2v) is 7.48. The van der Waals surface area contributed by atoms with Crippen LogP contribution in [0.4, 0.5) is 33.3 Å². The number of amides is 2. The van der Waals surface area contributed by atoms with Gasteiger partial charge in [-0.15, -0.1) is 0 Å². The fourth-order valence-electron chi connectivity index (χ4n) is 3.17. The SMILES string of the molecule is CCn1cc(NC(=O)c2ccc(COc3c(F)c(F)c(F)c(F)c3F)o2)c(C(=O)Nc2ccccc2)n1. The molecule has 0 aliphatic carbocycles. The van der Waals surface area contributed by atoms with E-state index < -0.39 is 53.3 Å². The van der Waals surface area contributed by atoms with Crippen LogP contribution in [0.1, 0.15) is 33.7 Å². The topological polar surface area (TPSA) is 98.4 Å². The van der Waals surface area contributed by atoms with Gasteiger partial charge in [0.25, 0.3) is 11.8 Å². The Bertz CT molecular complexity index is 1440. The van der Waals surface area contributed by atoms with Gasteiger partial charge in [0.2, 0.25) is 29.1 Å². The Morgan fingerprint density at radius 1 is 0.892 bits per heavy atom. The molecule has 0 aliphatic rings. The van der Waals surface area contributed by atoms with Crippen LogP contribution in [0.25, 0.3) is 0 Å². The summed E-state index contributed by atoms with van der Waals surface area (Å²) in [6, 6.07) is 11.0. The number of furan rings is 1. The number of halogens is 5. The molecule has 37 heavy (non-hydrogen) atoms. The first-order chi connectivity index (χ1) is 17.7. The first kappa shape index (κ1) is 25.4. The average molecular weight is 520 g/mol. The number of nitrogens with zero attached hydrogens (tertiary/aromatic N) is 2. The number of carbonyl (C=O) groups is 2. The first-order valence-corrected chi connectivity index (χ1v) is 10.7. The highest BCUT2D eigenvalue weighted by Crippen LogP contribution is 2.30. The quantitative estimate of drug-likeness (QED) is 0.187. The minimum atomic E-state index is -2.32. The second kappa shape index (κ2) is 10.5. The van der Waals surface area contributed by atoms with Crippen molar-refractivity contribution in [2.75, 3.05) is 10.6 Å². The van der Waals surface area contributed by atoms with Crippen molar-refractivity contribution in [3.63, 3.8) is 0 Å². The summed E-state index contributed by atoms with van der Waals surface area (Å²) in [6.07, 6.45) is 1.44. The van der Waals surface area contributed by atoms with Crippen LogP contribution in [0, 0.1) is 29.1 Å². The van der Waals surface area contributed by atoms with Crippen LogP contribution < -0.4 is 15.4 Å². The number of anilines is 2. The Morgan fingerprint density at radius 2 is 1.54 bits per heavy atom. The highest BCUT2D eigenvalue weighted by Gasteiger charge is 2.27. The lowest BCUT2D eigenvalue weighted by Gasteiger charge is -2.09. The fraction of sp³-hybridized carbons (Fsp3) is 0.125. The predicted octanol–water partition coefficient (Wildman–Crippen LogP) is 5.28. The van der Waals surface area contributed by atoms with Crippen molar-refractivity contribution in [2.45, 2.75) is 20.1 Å². The molecule has 0 spiro atoms. The van der Waals surface area contributed by atoms with E-state index in [0.29, 0.717) is 12.2 Å². The third kappa shape index (κ3) is 5.29. The van der Waals surface area contributed by atoms with Crippen LogP contribution >= 0.6 is 0 Å². The van der Waals surface area contributed by atoms with Gasteiger partial charge in [0, 0.05) is 18.4 Å². The molecule has 2 aromatic carbocycles. The molecule has 8 nitrogen and oxygen atoms in total. The first-order valence-electron chi connectivity index (χ1n) is 10.7. The second-order valence-electron chi connectivity index (χ2n) is 7.48. The smallest absolute Gasteiger partial charge is 0.291 e. The molecule has 0 atom stereocenters. The zero-order valence-electron chi connectivity index (χ0n) is 19.0. The van der Waals surface area contributed by atoms with Gasteiger partial charge < -0.3 is 19.8 Å². The summed E-state index contributed by atoms with van der Waals surface area (Å²) in [7, 11) is 0. The monoisotopic (exact) mass is 520 g/mol. The molecule has 0 aliphatic heterocycles. The van der Waals surface area contributed by atoms with Gasteiger partial charge in [-0.3, -0.25) is 14.3 Å². The van der Waals surface area contributed by atoms with Crippen molar-refractivity contribution in [1.29, 1.82) is 0 Å². The number of ether oxygens (including phenoxy) is 1. The standard InChI is InChI=1S/C24H17F5N4O4/c1-2-33-10-14(21(32-33)24(35)30-12-6-4-3-5-7-12)31-23(34)15-9-8-13(37-15)11-36-22-19(28)17(26)16(25)18(27)20(22)29/h3-10H,2,11H2,1H3,(H,30,35)(H,31,34). The van der Waals surface area contributed by atoms with Crippen molar-refractivity contribution in [3.8, 4) is 5.75 Å². The Morgan fingerprint density at radius 3 is 2.19 bits per heavy atom. The van der Waals surface area contributed by atoms with Crippen molar-refractivity contribution >= 4 is 23.2 Å². The molecule has 0 radical (unpaired) electrons. The third-order valence-corrected chi connectivity index (χ3v) is 4.99. The van der Waals surface area contributed by atoms with Gasteiger partial charge in [0.05, 0.1) is 5.69 Å². The Kier molecular flexibility index (Phi) is 7.22. The summed E-state index contributed by atoms with van der Waals surface area (Å²) in [6.45, 7) is 1.44. The number of benzene rings is 2. The molecular formula is C24H17F5N4O4. The molecule has 0 saturated heterocycles. The van der Waals surface area contributed by atoms with E-state index >= 15 is 0 Å². The average Bonchev–Trinajstić information content (AvgIpc) is 3.54. The highest BCUT2D eigenvalue weighted by atomic mass is 19.2. The molecular weight excluding hydrogens is 503 g/mol. The highest BCUT2D eigenvalue weighted by molar-refractivity contribution is 6.10. The number of rotatable bonds is 8. The van der Waals surface area contributed by atoms with E-state index in [1.807, 2.05) is 0 Å². The maximum atomic E-state index is 13.8. The summed E-state index contributed by atoms with van der Waals surface area (Å²) < 4.78 is 78.8. The largest absolute Gasteiger partial charge is 0.479 e. The Balaban J connectivity index is 1.47.